The van der Waals surface area contributed by atoms with Gasteiger partial charge in [0, 0.05) is 18.2 Å². The van der Waals surface area contributed by atoms with E-state index in [0.717, 1.165) is 12.5 Å². The number of hydrogen-bond donors (Lipinski definition) is 2. The van der Waals surface area contributed by atoms with Crippen molar-refractivity contribution in [1.82, 2.24) is 5.32 Å². The van der Waals surface area contributed by atoms with E-state index in [2.05, 4.69) is 26.1 Å². The molecule has 3 heteroatoms. The molecule has 21 heavy (non-hydrogen) atoms. The molecule has 1 aromatic rings. The van der Waals surface area contributed by atoms with Crippen LogP contribution in [-0.4, -0.2) is 11.9 Å². The molecular formula is C18H28N2O. The highest BCUT2D eigenvalue weighted by Crippen LogP contribution is 2.37. The number of nitrogens with two attached hydrogens (primary N) is 1. The van der Waals surface area contributed by atoms with Crippen LogP contribution in [0.1, 0.15) is 62.4 Å². The number of primary amides is 1. The van der Waals surface area contributed by atoms with Gasteiger partial charge in [0.05, 0.1) is 0 Å². The summed E-state index contributed by atoms with van der Waals surface area (Å²) >= 11 is 0. The van der Waals surface area contributed by atoms with Crippen LogP contribution in [0.15, 0.2) is 24.3 Å². The molecule has 1 aromatic carbocycles. The van der Waals surface area contributed by atoms with Gasteiger partial charge in [0.25, 0.3) is 0 Å². The van der Waals surface area contributed by atoms with Crippen LogP contribution in [-0.2, 0) is 6.54 Å². The van der Waals surface area contributed by atoms with Crippen LogP contribution in [0.3, 0.4) is 0 Å². The molecule has 1 saturated carbocycles. The minimum Gasteiger partial charge on any atom is -0.366 e. The van der Waals surface area contributed by atoms with E-state index in [4.69, 9.17) is 5.73 Å². The van der Waals surface area contributed by atoms with E-state index in [0.29, 0.717) is 17.0 Å². The average Bonchev–Trinajstić information content (AvgIpc) is 2.45. The van der Waals surface area contributed by atoms with E-state index in [-0.39, 0.29) is 5.91 Å². The minimum atomic E-state index is -0.366. The molecule has 0 radical (unpaired) electrons. The largest absolute Gasteiger partial charge is 0.366 e. The molecule has 0 unspecified atom stereocenters. The van der Waals surface area contributed by atoms with Crippen molar-refractivity contribution in [3.63, 3.8) is 0 Å². The van der Waals surface area contributed by atoms with E-state index in [1.54, 1.807) is 12.1 Å². The van der Waals surface area contributed by atoms with Crippen LogP contribution in [0.4, 0.5) is 0 Å². The first-order chi connectivity index (χ1) is 9.86. The third-order valence-corrected chi connectivity index (χ3v) is 4.79. The van der Waals surface area contributed by atoms with Gasteiger partial charge >= 0.3 is 0 Å². The summed E-state index contributed by atoms with van der Waals surface area (Å²) < 4.78 is 0. The molecule has 0 aromatic heterocycles. The number of nitrogens with one attached hydrogen (secondary N) is 1. The van der Waals surface area contributed by atoms with Crippen molar-refractivity contribution in [2.45, 2.75) is 59.0 Å². The van der Waals surface area contributed by atoms with Crippen LogP contribution in [0, 0.1) is 11.3 Å². The fourth-order valence-electron chi connectivity index (χ4n) is 3.21. The molecule has 2 rings (SSSR count). The quantitative estimate of drug-likeness (QED) is 0.891. The summed E-state index contributed by atoms with van der Waals surface area (Å²) in [4.78, 5) is 11.0. The van der Waals surface area contributed by atoms with E-state index < -0.39 is 0 Å². The van der Waals surface area contributed by atoms with Gasteiger partial charge in [-0.2, -0.15) is 0 Å². The second-order valence-electron chi connectivity index (χ2n) is 7.36. The number of amides is 1. The second-order valence-corrected chi connectivity index (χ2v) is 7.36. The van der Waals surface area contributed by atoms with Crippen molar-refractivity contribution < 1.29 is 4.79 Å². The lowest BCUT2D eigenvalue weighted by Crippen LogP contribution is -2.35. The summed E-state index contributed by atoms with van der Waals surface area (Å²) in [5.41, 5.74) is 7.47. The summed E-state index contributed by atoms with van der Waals surface area (Å²) in [5.74, 6) is 0.486. The molecule has 1 aliphatic rings. The van der Waals surface area contributed by atoms with Crippen LogP contribution in [0.2, 0.25) is 0 Å². The third-order valence-electron chi connectivity index (χ3n) is 4.79. The molecule has 0 saturated heterocycles. The summed E-state index contributed by atoms with van der Waals surface area (Å²) in [6, 6.07) is 8.19. The van der Waals surface area contributed by atoms with Crippen molar-refractivity contribution in [2.75, 3.05) is 0 Å². The summed E-state index contributed by atoms with van der Waals surface area (Å²) in [5, 5.41) is 3.64. The highest BCUT2D eigenvalue weighted by Gasteiger charge is 2.29. The summed E-state index contributed by atoms with van der Waals surface area (Å²) in [6.45, 7) is 7.92. The zero-order valence-electron chi connectivity index (χ0n) is 13.5. The zero-order valence-corrected chi connectivity index (χ0v) is 13.5. The molecule has 3 nitrogen and oxygen atoms in total. The molecule has 0 bridgehead atoms. The number of benzene rings is 1. The zero-order chi connectivity index (χ0) is 15.5. The van der Waals surface area contributed by atoms with Crippen molar-refractivity contribution in [3.8, 4) is 0 Å². The van der Waals surface area contributed by atoms with Gasteiger partial charge < -0.3 is 11.1 Å². The molecule has 1 fully saturated rings. The minimum absolute atomic E-state index is 0.366. The number of carbonyl (C=O) groups is 1. The first kappa shape index (κ1) is 16.0. The molecule has 1 aliphatic carbocycles. The van der Waals surface area contributed by atoms with Gasteiger partial charge in [0.1, 0.15) is 0 Å². The topological polar surface area (TPSA) is 55.1 Å². The number of carbonyl (C=O) groups excluding carboxylic acids is 1. The van der Waals surface area contributed by atoms with Gasteiger partial charge in [-0.15, -0.1) is 0 Å². The Morgan fingerprint density at radius 1 is 1.14 bits per heavy atom. The fourth-order valence-corrected chi connectivity index (χ4v) is 3.21. The van der Waals surface area contributed by atoms with Gasteiger partial charge in [-0.3, -0.25) is 4.79 Å². The number of hydrogen-bond acceptors (Lipinski definition) is 2. The molecule has 3 N–H and O–H groups in total. The first-order valence-corrected chi connectivity index (χ1v) is 7.98. The van der Waals surface area contributed by atoms with E-state index >= 15 is 0 Å². The molecule has 116 valence electrons. The van der Waals surface area contributed by atoms with Crippen molar-refractivity contribution in [2.24, 2.45) is 17.1 Å². The third kappa shape index (κ3) is 4.57. The Morgan fingerprint density at radius 3 is 2.19 bits per heavy atom. The van der Waals surface area contributed by atoms with Gasteiger partial charge in [-0.05, 0) is 54.7 Å². The van der Waals surface area contributed by atoms with Gasteiger partial charge in [-0.25, -0.2) is 0 Å². The highest BCUT2D eigenvalue weighted by atomic mass is 16.1. The van der Waals surface area contributed by atoms with Crippen molar-refractivity contribution in [1.29, 1.82) is 0 Å². The smallest absolute Gasteiger partial charge is 0.248 e. The average molecular weight is 288 g/mol. The lowest BCUT2D eigenvalue weighted by molar-refractivity contribution is 0.100. The monoisotopic (exact) mass is 288 g/mol. The van der Waals surface area contributed by atoms with Gasteiger partial charge in [-0.1, -0.05) is 32.9 Å². The Labute approximate surface area is 128 Å². The Morgan fingerprint density at radius 2 is 1.71 bits per heavy atom. The van der Waals surface area contributed by atoms with Crippen LogP contribution < -0.4 is 11.1 Å². The molecular weight excluding hydrogens is 260 g/mol. The Hall–Kier alpha value is -1.35. The van der Waals surface area contributed by atoms with Crippen LogP contribution in [0.25, 0.3) is 0 Å². The van der Waals surface area contributed by atoms with Gasteiger partial charge in [0.15, 0.2) is 0 Å². The van der Waals surface area contributed by atoms with Crippen molar-refractivity contribution in [3.05, 3.63) is 35.4 Å². The van der Waals surface area contributed by atoms with Crippen molar-refractivity contribution >= 4 is 5.91 Å². The lowest BCUT2D eigenvalue weighted by atomic mass is 9.71. The normalized spacial score (nSPS) is 23.0. The second kappa shape index (κ2) is 6.61. The molecule has 1 amide bonds. The number of rotatable bonds is 4. The maximum atomic E-state index is 11.0. The van der Waals surface area contributed by atoms with E-state index in [9.17, 15) is 4.79 Å². The van der Waals surface area contributed by atoms with Gasteiger partial charge in [0.2, 0.25) is 5.91 Å². The first-order valence-electron chi connectivity index (χ1n) is 7.98. The molecule has 0 atom stereocenters. The van der Waals surface area contributed by atoms with E-state index in [1.807, 2.05) is 12.1 Å². The Kier molecular flexibility index (Phi) is 5.04. The predicted molar refractivity (Wildman–Crippen MR) is 87.0 cm³/mol. The lowest BCUT2D eigenvalue weighted by Gasteiger charge is -2.37. The van der Waals surface area contributed by atoms with Crippen LogP contribution >= 0.6 is 0 Å². The molecule has 0 spiro atoms. The fraction of sp³-hybridized carbons (Fsp3) is 0.611. The standard InChI is InChI=1S/C18H28N2O/c1-18(2,3)15-8-10-16(11-9-15)20-12-13-4-6-14(7-5-13)17(19)21/h4-7,15-16,20H,8-12H2,1-3H3,(H2,19,21). The molecule has 0 aliphatic heterocycles. The summed E-state index contributed by atoms with van der Waals surface area (Å²) in [7, 11) is 0. The predicted octanol–water partition coefficient (Wildman–Crippen LogP) is 3.48. The SMILES string of the molecule is CC(C)(C)C1CCC(NCc2ccc(C(N)=O)cc2)CC1. The Bertz CT molecular complexity index is 465. The van der Waals surface area contributed by atoms with E-state index in [1.165, 1.54) is 31.2 Å². The maximum absolute atomic E-state index is 11.0. The Balaban J connectivity index is 1.78. The highest BCUT2D eigenvalue weighted by molar-refractivity contribution is 5.92. The summed E-state index contributed by atoms with van der Waals surface area (Å²) in [6.07, 6.45) is 5.17. The molecule has 0 heterocycles. The maximum Gasteiger partial charge on any atom is 0.248 e. The van der Waals surface area contributed by atoms with Crippen LogP contribution in [0.5, 0.6) is 0 Å².